The van der Waals surface area contributed by atoms with E-state index in [9.17, 15) is 9.18 Å². The normalized spacial score (nSPS) is 12.2. The number of nitrogens with two attached hydrogens (primary N) is 1. The molecule has 0 aromatic heterocycles. The Morgan fingerprint density at radius 2 is 2.33 bits per heavy atom. The second kappa shape index (κ2) is 5.46. The summed E-state index contributed by atoms with van der Waals surface area (Å²) < 4.78 is 12.8. The maximum absolute atomic E-state index is 12.8. The van der Waals surface area contributed by atoms with Crippen molar-refractivity contribution in [3.63, 3.8) is 0 Å². The van der Waals surface area contributed by atoms with E-state index < -0.39 is 6.04 Å². The van der Waals surface area contributed by atoms with Crippen molar-refractivity contribution >= 4 is 11.6 Å². The molecule has 0 aliphatic rings. The number of halogens is 1. The number of anilines is 1. The molecule has 82 valence electrons. The van der Waals surface area contributed by atoms with Crippen LogP contribution < -0.4 is 11.1 Å². The Morgan fingerprint density at radius 1 is 1.60 bits per heavy atom. The molecule has 3 nitrogen and oxygen atoms in total. The van der Waals surface area contributed by atoms with Gasteiger partial charge in [-0.05, 0) is 24.6 Å². The van der Waals surface area contributed by atoms with E-state index in [0.29, 0.717) is 12.1 Å². The van der Waals surface area contributed by atoms with Gasteiger partial charge in [0, 0.05) is 5.69 Å². The molecule has 15 heavy (non-hydrogen) atoms. The van der Waals surface area contributed by atoms with E-state index in [1.54, 1.807) is 6.07 Å². The van der Waals surface area contributed by atoms with Crippen molar-refractivity contribution in [1.29, 1.82) is 0 Å². The molecule has 0 heterocycles. The third kappa shape index (κ3) is 3.67. The Bertz CT molecular complexity index is 341. The standard InChI is InChI=1S/C11H15FN2O/c1-2-4-10(13)11(15)14-9-6-3-5-8(12)7-9/h3,5-7,10H,2,4,13H2,1H3,(H,14,15)/t10-/m0/s1. The minimum Gasteiger partial charge on any atom is -0.325 e. The fourth-order valence-corrected chi connectivity index (χ4v) is 1.24. The van der Waals surface area contributed by atoms with E-state index in [4.69, 9.17) is 5.73 Å². The molecule has 4 heteroatoms. The van der Waals surface area contributed by atoms with E-state index in [1.807, 2.05) is 6.92 Å². The van der Waals surface area contributed by atoms with Gasteiger partial charge in [0.05, 0.1) is 6.04 Å². The summed E-state index contributed by atoms with van der Waals surface area (Å²) >= 11 is 0. The van der Waals surface area contributed by atoms with Crippen LogP contribution in [0.15, 0.2) is 24.3 Å². The topological polar surface area (TPSA) is 55.1 Å². The highest BCUT2D eigenvalue weighted by atomic mass is 19.1. The van der Waals surface area contributed by atoms with Crippen LogP contribution in [-0.4, -0.2) is 11.9 Å². The summed E-state index contributed by atoms with van der Waals surface area (Å²) in [7, 11) is 0. The van der Waals surface area contributed by atoms with Crippen LogP contribution in [0.2, 0.25) is 0 Å². The molecule has 0 bridgehead atoms. The van der Waals surface area contributed by atoms with Crippen LogP contribution in [0.1, 0.15) is 19.8 Å². The lowest BCUT2D eigenvalue weighted by molar-refractivity contribution is -0.117. The van der Waals surface area contributed by atoms with E-state index in [0.717, 1.165) is 6.42 Å². The zero-order chi connectivity index (χ0) is 11.3. The van der Waals surface area contributed by atoms with Gasteiger partial charge in [-0.2, -0.15) is 0 Å². The Balaban J connectivity index is 2.58. The highest BCUT2D eigenvalue weighted by Crippen LogP contribution is 2.09. The molecule has 1 atom stereocenters. The molecule has 0 fully saturated rings. The number of carbonyl (C=O) groups excluding carboxylic acids is 1. The van der Waals surface area contributed by atoms with Crippen molar-refractivity contribution in [2.24, 2.45) is 5.73 Å². The smallest absolute Gasteiger partial charge is 0.241 e. The molecule has 1 aromatic rings. The molecule has 3 N–H and O–H groups in total. The second-order valence-electron chi connectivity index (χ2n) is 3.39. The van der Waals surface area contributed by atoms with E-state index in [1.165, 1.54) is 18.2 Å². The van der Waals surface area contributed by atoms with Crippen LogP contribution in [0.5, 0.6) is 0 Å². The van der Waals surface area contributed by atoms with E-state index in [2.05, 4.69) is 5.32 Å². The number of amides is 1. The summed E-state index contributed by atoms with van der Waals surface area (Å²) in [5, 5.41) is 2.56. The first kappa shape index (κ1) is 11.7. The number of carbonyl (C=O) groups is 1. The van der Waals surface area contributed by atoms with Gasteiger partial charge < -0.3 is 11.1 Å². The minimum atomic E-state index is -0.529. The van der Waals surface area contributed by atoms with Crippen LogP contribution in [0.4, 0.5) is 10.1 Å². The summed E-state index contributed by atoms with van der Waals surface area (Å²) in [5.74, 6) is -0.653. The number of hydrogen-bond donors (Lipinski definition) is 2. The van der Waals surface area contributed by atoms with Gasteiger partial charge in [0.15, 0.2) is 0 Å². The molecule has 0 radical (unpaired) electrons. The summed E-state index contributed by atoms with van der Waals surface area (Å²) in [6, 6.07) is 5.21. The molecule has 0 saturated heterocycles. The largest absolute Gasteiger partial charge is 0.325 e. The van der Waals surface area contributed by atoms with Gasteiger partial charge in [0.2, 0.25) is 5.91 Å². The number of benzene rings is 1. The molecule has 0 unspecified atom stereocenters. The molecule has 0 spiro atoms. The van der Waals surface area contributed by atoms with Crippen molar-refractivity contribution in [3.05, 3.63) is 30.1 Å². The lowest BCUT2D eigenvalue weighted by atomic mass is 10.1. The van der Waals surface area contributed by atoms with Gasteiger partial charge >= 0.3 is 0 Å². The molecule has 1 aromatic carbocycles. The minimum absolute atomic E-state index is 0.276. The van der Waals surface area contributed by atoms with Crippen LogP contribution >= 0.6 is 0 Å². The average molecular weight is 210 g/mol. The van der Waals surface area contributed by atoms with Gasteiger partial charge in [-0.3, -0.25) is 4.79 Å². The predicted octanol–water partition coefficient (Wildman–Crippen LogP) is 1.89. The van der Waals surface area contributed by atoms with Crippen molar-refractivity contribution in [3.8, 4) is 0 Å². The second-order valence-corrected chi connectivity index (χ2v) is 3.39. The quantitative estimate of drug-likeness (QED) is 0.797. The summed E-state index contributed by atoms with van der Waals surface area (Å²) in [5.41, 5.74) is 6.04. The first-order chi connectivity index (χ1) is 7.13. The zero-order valence-electron chi connectivity index (χ0n) is 8.66. The molecule has 0 aliphatic carbocycles. The number of nitrogens with one attached hydrogen (secondary N) is 1. The molecular formula is C11H15FN2O. The van der Waals surface area contributed by atoms with Crippen molar-refractivity contribution in [2.75, 3.05) is 5.32 Å². The van der Waals surface area contributed by atoms with Crippen molar-refractivity contribution < 1.29 is 9.18 Å². The summed E-state index contributed by atoms with van der Waals surface area (Å²) in [4.78, 5) is 11.5. The number of hydrogen-bond acceptors (Lipinski definition) is 2. The third-order valence-electron chi connectivity index (χ3n) is 2.03. The highest BCUT2D eigenvalue weighted by molar-refractivity contribution is 5.94. The first-order valence-electron chi connectivity index (χ1n) is 4.95. The molecule has 0 saturated carbocycles. The fourth-order valence-electron chi connectivity index (χ4n) is 1.24. The molecule has 0 aliphatic heterocycles. The zero-order valence-corrected chi connectivity index (χ0v) is 8.66. The molecular weight excluding hydrogens is 195 g/mol. The molecule has 1 amide bonds. The maximum atomic E-state index is 12.8. The van der Waals surface area contributed by atoms with Crippen molar-refractivity contribution in [2.45, 2.75) is 25.8 Å². The van der Waals surface area contributed by atoms with Gasteiger partial charge in [-0.15, -0.1) is 0 Å². The first-order valence-corrected chi connectivity index (χ1v) is 4.95. The summed E-state index contributed by atoms with van der Waals surface area (Å²) in [6.45, 7) is 1.95. The Morgan fingerprint density at radius 3 is 2.93 bits per heavy atom. The lowest BCUT2D eigenvalue weighted by Crippen LogP contribution is -2.35. The SMILES string of the molecule is CCC[C@H](N)C(=O)Nc1cccc(F)c1. The highest BCUT2D eigenvalue weighted by Gasteiger charge is 2.12. The van der Waals surface area contributed by atoms with Crippen molar-refractivity contribution in [1.82, 2.24) is 0 Å². The Kier molecular flexibility index (Phi) is 4.24. The van der Waals surface area contributed by atoms with Gasteiger partial charge in [0.25, 0.3) is 0 Å². The van der Waals surface area contributed by atoms with E-state index >= 15 is 0 Å². The maximum Gasteiger partial charge on any atom is 0.241 e. The molecule has 1 rings (SSSR count). The Labute approximate surface area is 88.5 Å². The van der Waals surface area contributed by atoms with Gasteiger partial charge in [0.1, 0.15) is 5.82 Å². The van der Waals surface area contributed by atoms with Crippen LogP contribution in [0.3, 0.4) is 0 Å². The van der Waals surface area contributed by atoms with Gasteiger partial charge in [-0.25, -0.2) is 4.39 Å². The van der Waals surface area contributed by atoms with E-state index in [-0.39, 0.29) is 11.7 Å². The fraction of sp³-hybridized carbons (Fsp3) is 0.364. The van der Waals surface area contributed by atoms with Gasteiger partial charge in [-0.1, -0.05) is 19.4 Å². The Hall–Kier alpha value is -1.42. The summed E-state index contributed by atoms with van der Waals surface area (Å²) in [6.07, 6.45) is 1.47. The van der Waals surface area contributed by atoms with Crippen LogP contribution in [-0.2, 0) is 4.79 Å². The predicted molar refractivity (Wildman–Crippen MR) is 57.9 cm³/mol. The monoisotopic (exact) mass is 210 g/mol. The number of rotatable bonds is 4. The lowest BCUT2D eigenvalue weighted by Gasteiger charge is -2.10. The van der Waals surface area contributed by atoms with Crippen LogP contribution in [0.25, 0.3) is 0 Å². The average Bonchev–Trinajstić information content (AvgIpc) is 2.18. The van der Waals surface area contributed by atoms with Crippen LogP contribution in [0, 0.1) is 5.82 Å². The third-order valence-corrected chi connectivity index (χ3v) is 2.03.